The van der Waals surface area contributed by atoms with Crippen LogP contribution in [0.3, 0.4) is 0 Å². The number of hydrogen-bond donors (Lipinski definition) is 3. The van der Waals surface area contributed by atoms with E-state index < -0.39 is 0 Å². The van der Waals surface area contributed by atoms with Crippen LogP contribution in [-0.4, -0.2) is 15.2 Å². The number of aromatic nitrogens is 3. The second kappa shape index (κ2) is 11.5. The summed E-state index contributed by atoms with van der Waals surface area (Å²) in [5, 5.41) is 13.4. The maximum Gasteiger partial charge on any atom is 0.0927 e. The Kier molecular flexibility index (Phi) is 7.56. The molecular formula is C35H32N4. The minimum absolute atomic E-state index is 0.850. The first-order valence-corrected chi connectivity index (χ1v) is 13.2. The third-order valence-corrected chi connectivity index (χ3v) is 6.60. The fourth-order valence-corrected chi connectivity index (χ4v) is 4.64. The van der Waals surface area contributed by atoms with Crippen LogP contribution < -0.4 is 5.32 Å². The van der Waals surface area contributed by atoms with Crippen molar-refractivity contribution >= 4 is 50.9 Å². The lowest BCUT2D eigenvalue weighted by Gasteiger charge is -2.13. The third-order valence-electron chi connectivity index (χ3n) is 6.60. The van der Waals surface area contributed by atoms with E-state index in [1.165, 1.54) is 0 Å². The first kappa shape index (κ1) is 25.6. The zero-order valence-corrected chi connectivity index (χ0v) is 22.3. The molecule has 0 saturated heterocycles. The van der Waals surface area contributed by atoms with Gasteiger partial charge in [0.05, 0.1) is 11.2 Å². The van der Waals surface area contributed by atoms with Crippen LogP contribution in [0.4, 0.5) is 5.69 Å². The van der Waals surface area contributed by atoms with Gasteiger partial charge in [-0.25, -0.2) is 0 Å². The molecular weight excluding hydrogens is 476 g/mol. The molecule has 0 unspecified atom stereocenters. The number of nitrogens with one attached hydrogen (secondary N) is 3. The monoisotopic (exact) mass is 508 g/mol. The van der Waals surface area contributed by atoms with E-state index >= 15 is 0 Å². The summed E-state index contributed by atoms with van der Waals surface area (Å²) in [6.07, 6.45) is 6.06. The SMILES string of the molecule is C=C(c1cccc(NC(=C)c2cccc3[nH]ccc23)c1)c1ccc2c(/C=C/c3ccccc3)n[nH]c2c1.CC. The minimum atomic E-state index is 0.850. The number of hydrogen-bond acceptors (Lipinski definition) is 2. The number of anilines is 1. The summed E-state index contributed by atoms with van der Waals surface area (Å²) in [6.45, 7) is 12.7. The van der Waals surface area contributed by atoms with Gasteiger partial charge < -0.3 is 10.3 Å². The van der Waals surface area contributed by atoms with Crippen LogP contribution in [0.2, 0.25) is 0 Å². The Balaban J connectivity index is 0.00000151. The van der Waals surface area contributed by atoms with Gasteiger partial charge in [-0.15, -0.1) is 0 Å². The number of rotatable bonds is 7. The fraction of sp³-hybridized carbons (Fsp3) is 0.0571. The topological polar surface area (TPSA) is 56.5 Å². The molecule has 0 atom stereocenters. The van der Waals surface area contributed by atoms with Crippen molar-refractivity contribution in [2.75, 3.05) is 5.32 Å². The Morgan fingerprint density at radius 2 is 1.54 bits per heavy atom. The highest BCUT2D eigenvalue weighted by atomic mass is 15.1. The molecule has 2 aromatic heterocycles. The summed E-state index contributed by atoms with van der Waals surface area (Å²) in [5.74, 6) is 0. The molecule has 0 spiro atoms. The van der Waals surface area contributed by atoms with Gasteiger partial charge in [0, 0.05) is 39.4 Å². The predicted molar refractivity (Wildman–Crippen MR) is 168 cm³/mol. The molecule has 0 amide bonds. The number of fused-ring (bicyclic) bond motifs is 2. The standard InChI is InChI=1S/C33H26N4.C2H6/c1-22(26-15-16-30-32(36-37-33(30)21-26)17-14-24-8-4-3-5-9-24)25-10-6-11-27(20-25)35-23(2)28-12-7-13-31-29(28)18-19-34-31;1-2/h3-21,34-35H,1-2H2,(H,36,37);1-2H3/b17-14+;. The van der Waals surface area contributed by atoms with Crippen molar-refractivity contribution in [1.29, 1.82) is 0 Å². The first-order chi connectivity index (χ1) is 19.2. The lowest BCUT2D eigenvalue weighted by molar-refractivity contribution is 1.11. The highest BCUT2D eigenvalue weighted by Gasteiger charge is 2.10. The normalized spacial score (nSPS) is 10.9. The van der Waals surface area contributed by atoms with E-state index in [-0.39, 0.29) is 0 Å². The molecule has 0 aliphatic carbocycles. The lowest BCUT2D eigenvalue weighted by Crippen LogP contribution is -1.98. The van der Waals surface area contributed by atoms with Gasteiger partial charge in [0.1, 0.15) is 0 Å². The quantitative estimate of drug-likeness (QED) is 0.201. The highest BCUT2D eigenvalue weighted by Crippen LogP contribution is 2.30. The van der Waals surface area contributed by atoms with Crippen LogP contribution in [0.5, 0.6) is 0 Å². The molecule has 6 rings (SSSR count). The third kappa shape index (κ3) is 5.46. The van der Waals surface area contributed by atoms with Gasteiger partial charge in [0.25, 0.3) is 0 Å². The Hall–Kier alpha value is -5.09. The van der Waals surface area contributed by atoms with E-state index in [4.69, 9.17) is 0 Å². The van der Waals surface area contributed by atoms with Gasteiger partial charge in [-0.3, -0.25) is 5.10 Å². The van der Waals surface area contributed by atoms with Crippen molar-refractivity contribution in [3.63, 3.8) is 0 Å². The second-order valence-corrected chi connectivity index (χ2v) is 9.02. The number of aromatic amines is 2. The van der Waals surface area contributed by atoms with E-state index in [9.17, 15) is 0 Å². The fourth-order valence-electron chi connectivity index (χ4n) is 4.64. The summed E-state index contributed by atoms with van der Waals surface area (Å²) in [5.41, 5.74) is 10.1. The van der Waals surface area contributed by atoms with E-state index in [2.05, 4.69) is 100 Å². The Bertz CT molecular complexity index is 1780. The first-order valence-electron chi connectivity index (χ1n) is 13.2. The summed E-state index contributed by atoms with van der Waals surface area (Å²) in [7, 11) is 0. The van der Waals surface area contributed by atoms with Crippen LogP contribution in [0.25, 0.3) is 45.2 Å². The molecule has 2 heterocycles. The average molecular weight is 509 g/mol. The van der Waals surface area contributed by atoms with Crippen molar-refractivity contribution in [3.05, 3.63) is 144 Å². The Morgan fingerprint density at radius 3 is 2.38 bits per heavy atom. The predicted octanol–water partition coefficient (Wildman–Crippen LogP) is 9.39. The van der Waals surface area contributed by atoms with Crippen LogP contribution in [0, 0.1) is 0 Å². The zero-order chi connectivity index (χ0) is 27.2. The van der Waals surface area contributed by atoms with Crippen molar-refractivity contribution < 1.29 is 0 Å². The molecule has 0 aliphatic heterocycles. The van der Waals surface area contributed by atoms with E-state index in [1.54, 1.807) is 0 Å². The van der Waals surface area contributed by atoms with Crippen LogP contribution in [0.15, 0.2) is 116 Å². The van der Waals surface area contributed by atoms with E-state index in [0.717, 1.165) is 66.7 Å². The molecule has 0 bridgehead atoms. The number of benzene rings is 4. The molecule has 4 aromatic carbocycles. The maximum atomic E-state index is 4.51. The molecule has 0 fully saturated rings. The number of nitrogens with zero attached hydrogens (tertiary/aromatic N) is 1. The molecule has 4 heteroatoms. The van der Waals surface area contributed by atoms with Crippen molar-refractivity contribution in [3.8, 4) is 0 Å². The van der Waals surface area contributed by atoms with Crippen molar-refractivity contribution in [2.45, 2.75) is 13.8 Å². The summed E-state index contributed by atoms with van der Waals surface area (Å²) >= 11 is 0. The van der Waals surface area contributed by atoms with E-state index in [1.807, 2.05) is 62.5 Å². The van der Waals surface area contributed by atoms with Gasteiger partial charge in [-0.2, -0.15) is 5.10 Å². The smallest absolute Gasteiger partial charge is 0.0927 e. The largest absolute Gasteiger partial charge is 0.361 e. The maximum absolute atomic E-state index is 4.51. The Labute approximate surface area is 229 Å². The van der Waals surface area contributed by atoms with Gasteiger partial charge in [-0.05, 0) is 64.7 Å². The highest BCUT2D eigenvalue weighted by molar-refractivity contribution is 5.95. The van der Waals surface area contributed by atoms with Crippen LogP contribution in [0.1, 0.15) is 41.8 Å². The molecule has 0 radical (unpaired) electrons. The summed E-state index contributed by atoms with van der Waals surface area (Å²) in [6, 6.07) is 33.1. The molecule has 6 aromatic rings. The lowest BCUT2D eigenvalue weighted by atomic mass is 9.98. The Morgan fingerprint density at radius 1 is 0.744 bits per heavy atom. The van der Waals surface area contributed by atoms with Crippen molar-refractivity contribution in [2.24, 2.45) is 0 Å². The molecule has 4 nitrogen and oxygen atoms in total. The van der Waals surface area contributed by atoms with Crippen LogP contribution >= 0.6 is 0 Å². The summed E-state index contributed by atoms with van der Waals surface area (Å²) in [4.78, 5) is 3.26. The second-order valence-electron chi connectivity index (χ2n) is 9.02. The summed E-state index contributed by atoms with van der Waals surface area (Å²) < 4.78 is 0. The minimum Gasteiger partial charge on any atom is -0.361 e. The van der Waals surface area contributed by atoms with E-state index in [0.29, 0.717) is 0 Å². The van der Waals surface area contributed by atoms with Gasteiger partial charge in [0.15, 0.2) is 0 Å². The van der Waals surface area contributed by atoms with Gasteiger partial charge in [-0.1, -0.05) is 93.7 Å². The molecule has 3 N–H and O–H groups in total. The molecule has 192 valence electrons. The molecule has 0 aliphatic rings. The average Bonchev–Trinajstić information content (AvgIpc) is 3.64. The molecule has 39 heavy (non-hydrogen) atoms. The number of H-pyrrole nitrogens is 2. The van der Waals surface area contributed by atoms with Gasteiger partial charge in [0.2, 0.25) is 0 Å². The van der Waals surface area contributed by atoms with Crippen LogP contribution in [-0.2, 0) is 0 Å². The molecule has 0 saturated carbocycles. The zero-order valence-electron chi connectivity index (χ0n) is 22.3. The van der Waals surface area contributed by atoms with Gasteiger partial charge >= 0.3 is 0 Å². The van der Waals surface area contributed by atoms with Crippen molar-refractivity contribution in [1.82, 2.24) is 15.2 Å².